The maximum atomic E-state index is 12.2. The number of hydrogen-bond donors (Lipinski definition) is 2. The van der Waals surface area contributed by atoms with Gasteiger partial charge in [-0.05, 0) is 49.2 Å². The second kappa shape index (κ2) is 10.8. The number of phenolic OH excluding ortho intramolecular Hbond substituents is 1. The first kappa shape index (κ1) is 22.6. The van der Waals surface area contributed by atoms with Crippen molar-refractivity contribution in [3.05, 3.63) is 71.3 Å². The second-order valence-electron chi connectivity index (χ2n) is 6.49. The lowest BCUT2D eigenvalue weighted by Crippen LogP contribution is -2.20. The summed E-state index contributed by atoms with van der Waals surface area (Å²) in [5.41, 5.74) is 4.64. The maximum Gasteiger partial charge on any atom is 0.250 e. The van der Waals surface area contributed by atoms with E-state index in [2.05, 4.69) is 27.3 Å². The van der Waals surface area contributed by atoms with E-state index < -0.39 is 0 Å². The van der Waals surface area contributed by atoms with Gasteiger partial charge in [-0.3, -0.25) is 4.79 Å². The SMILES string of the molecule is C=CCc1cccc(/C=N/NC(=O)CSc2nnc(-c3ccc(Cl)cc3)n2CC)c1O. The number of allylic oxidation sites excluding steroid dienone is 1. The van der Waals surface area contributed by atoms with Crippen LogP contribution in [-0.2, 0) is 17.8 Å². The highest BCUT2D eigenvalue weighted by Gasteiger charge is 2.14. The third-order valence-corrected chi connectivity index (χ3v) is 5.59. The van der Waals surface area contributed by atoms with Crippen molar-refractivity contribution in [2.24, 2.45) is 5.10 Å². The average molecular weight is 456 g/mol. The topological polar surface area (TPSA) is 92.4 Å². The fourth-order valence-electron chi connectivity index (χ4n) is 2.86. The van der Waals surface area contributed by atoms with Gasteiger partial charge in [-0.1, -0.05) is 41.6 Å². The van der Waals surface area contributed by atoms with Gasteiger partial charge in [-0.15, -0.1) is 16.8 Å². The third-order valence-electron chi connectivity index (χ3n) is 4.38. The molecule has 0 radical (unpaired) electrons. The van der Waals surface area contributed by atoms with Crippen LogP contribution in [0.5, 0.6) is 5.75 Å². The van der Waals surface area contributed by atoms with Gasteiger partial charge in [0.05, 0.1) is 12.0 Å². The molecule has 0 aliphatic carbocycles. The molecule has 1 heterocycles. The van der Waals surface area contributed by atoms with E-state index in [4.69, 9.17) is 11.6 Å². The fourth-order valence-corrected chi connectivity index (χ4v) is 3.79. The number of rotatable bonds is 9. The number of para-hydroxylation sites is 1. The highest BCUT2D eigenvalue weighted by Crippen LogP contribution is 2.25. The van der Waals surface area contributed by atoms with Crippen LogP contribution in [0.2, 0.25) is 5.02 Å². The molecule has 0 atom stereocenters. The van der Waals surface area contributed by atoms with E-state index in [-0.39, 0.29) is 17.4 Å². The molecule has 160 valence electrons. The summed E-state index contributed by atoms with van der Waals surface area (Å²) in [5.74, 6) is 0.677. The monoisotopic (exact) mass is 455 g/mol. The summed E-state index contributed by atoms with van der Waals surface area (Å²) in [4.78, 5) is 12.2. The predicted molar refractivity (Wildman–Crippen MR) is 125 cm³/mol. The molecule has 0 aliphatic rings. The number of aromatic nitrogens is 3. The number of nitrogens with one attached hydrogen (secondary N) is 1. The highest BCUT2D eigenvalue weighted by atomic mass is 35.5. The molecule has 3 aromatic rings. The van der Waals surface area contributed by atoms with Gasteiger partial charge >= 0.3 is 0 Å². The van der Waals surface area contributed by atoms with Gasteiger partial charge in [0.1, 0.15) is 5.75 Å². The predicted octanol–water partition coefficient (Wildman–Crippen LogP) is 4.29. The van der Waals surface area contributed by atoms with Crippen LogP contribution in [0.15, 0.2) is 65.4 Å². The lowest BCUT2D eigenvalue weighted by atomic mass is 10.1. The standard InChI is InChI=1S/C22H22ClN5O2S/c1-3-6-15-7-5-8-17(20(15)30)13-24-25-19(29)14-31-22-27-26-21(28(22)4-2)16-9-11-18(23)12-10-16/h3,5,7-13,30H,1,4,6,14H2,2H3,(H,25,29)/b24-13+. The molecule has 2 aromatic carbocycles. The van der Waals surface area contributed by atoms with E-state index in [0.29, 0.717) is 28.7 Å². The number of carbonyl (C=O) groups is 1. The van der Waals surface area contributed by atoms with Crippen LogP contribution < -0.4 is 5.43 Å². The molecule has 0 bridgehead atoms. The van der Waals surface area contributed by atoms with Gasteiger partial charge in [-0.2, -0.15) is 5.10 Å². The molecule has 9 heteroatoms. The molecule has 2 N–H and O–H groups in total. The Kier molecular flexibility index (Phi) is 7.86. The summed E-state index contributed by atoms with van der Waals surface area (Å²) in [6.07, 6.45) is 3.67. The Morgan fingerprint density at radius 2 is 2.06 bits per heavy atom. The molecule has 1 amide bonds. The van der Waals surface area contributed by atoms with Gasteiger partial charge < -0.3 is 9.67 Å². The minimum absolute atomic E-state index is 0.124. The molecule has 31 heavy (non-hydrogen) atoms. The normalized spacial score (nSPS) is 11.0. The van der Waals surface area contributed by atoms with Crippen molar-refractivity contribution in [2.75, 3.05) is 5.75 Å². The number of carbonyl (C=O) groups excluding carboxylic acids is 1. The number of aromatic hydroxyl groups is 1. The Morgan fingerprint density at radius 3 is 2.77 bits per heavy atom. The zero-order valence-electron chi connectivity index (χ0n) is 17.0. The summed E-state index contributed by atoms with van der Waals surface area (Å²) < 4.78 is 1.94. The largest absolute Gasteiger partial charge is 0.507 e. The Morgan fingerprint density at radius 1 is 1.29 bits per heavy atom. The first-order valence-corrected chi connectivity index (χ1v) is 11.0. The number of hydrazone groups is 1. The second-order valence-corrected chi connectivity index (χ2v) is 7.87. The van der Waals surface area contributed by atoms with Crippen LogP contribution in [0.3, 0.4) is 0 Å². The van der Waals surface area contributed by atoms with Crippen LogP contribution >= 0.6 is 23.4 Å². The van der Waals surface area contributed by atoms with Crippen LogP contribution in [-0.4, -0.2) is 37.7 Å². The van der Waals surface area contributed by atoms with E-state index in [1.54, 1.807) is 24.3 Å². The lowest BCUT2D eigenvalue weighted by Gasteiger charge is -2.07. The van der Waals surface area contributed by atoms with Crippen molar-refractivity contribution in [3.63, 3.8) is 0 Å². The Balaban J connectivity index is 1.60. The van der Waals surface area contributed by atoms with E-state index in [0.717, 1.165) is 17.0 Å². The smallest absolute Gasteiger partial charge is 0.250 e. The summed E-state index contributed by atoms with van der Waals surface area (Å²) >= 11 is 7.23. The van der Waals surface area contributed by atoms with Gasteiger partial charge in [0.2, 0.25) is 0 Å². The van der Waals surface area contributed by atoms with Crippen molar-refractivity contribution in [2.45, 2.75) is 25.0 Å². The van der Waals surface area contributed by atoms with Crippen molar-refractivity contribution >= 4 is 35.5 Å². The van der Waals surface area contributed by atoms with Crippen LogP contribution in [0.1, 0.15) is 18.1 Å². The third kappa shape index (κ3) is 5.74. The van der Waals surface area contributed by atoms with E-state index in [9.17, 15) is 9.90 Å². The van der Waals surface area contributed by atoms with Crippen molar-refractivity contribution in [1.29, 1.82) is 0 Å². The molecule has 3 rings (SSSR count). The summed E-state index contributed by atoms with van der Waals surface area (Å²) in [7, 11) is 0. The van der Waals surface area contributed by atoms with E-state index in [1.807, 2.05) is 35.8 Å². The van der Waals surface area contributed by atoms with E-state index >= 15 is 0 Å². The molecule has 7 nitrogen and oxygen atoms in total. The summed E-state index contributed by atoms with van der Waals surface area (Å²) in [5, 5.41) is 23.9. The van der Waals surface area contributed by atoms with Gasteiger partial charge in [0, 0.05) is 22.7 Å². The molecule has 0 saturated carbocycles. The minimum Gasteiger partial charge on any atom is -0.507 e. The number of benzene rings is 2. The molecule has 0 spiro atoms. The molecule has 0 saturated heterocycles. The number of phenols is 1. The molecule has 0 unspecified atom stereocenters. The first-order valence-electron chi connectivity index (χ1n) is 9.59. The number of amides is 1. The summed E-state index contributed by atoms with van der Waals surface area (Å²) in [6, 6.07) is 12.7. The Hall–Kier alpha value is -3.10. The molecular weight excluding hydrogens is 434 g/mol. The molecule has 0 aliphatic heterocycles. The van der Waals surface area contributed by atoms with Crippen molar-refractivity contribution < 1.29 is 9.90 Å². The number of halogens is 1. The first-order chi connectivity index (χ1) is 15.0. The number of hydrogen-bond acceptors (Lipinski definition) is 6. The number of thioether (sulfide) groups is 1. The van der Waals surface area contributed by atoms with Crippen LogP contribution in [0.25, 0.3) is 11.4 Å². The van der Waals surface area contributed by atoms with Crippen LogP contribution in [0.4, 0.5) is 0 Å². The summed E-state index contributed by atoms with van der Waals surface area (Å²) in [6.45, 7) is 6.32. The van der Waals surface area contributed by atoms with Gasteiger partial charge in [-0.25, -0.2) is 5.43 Å². The Labute approximate surface area is 189 Å². The maximum absolute atomic E-state index is 12.2. The minimum atomic E-state index is -0.290. The van der Waals surface area contributed by atoms with E-state index in [1.165, 1.54) is 18.0 Å². The lowest BCUT2D eigenvalue weighted by molar-refractivity contribution is -0.118. The molecule has 0 fully saturated rings. The molecular formula is C22H22ClN5O2S. The zero-order chi connectivity index (χ0) is 22.2. The fraction of sp³-hybridized carbons (Fsp3) is 0.182. The zero-order valence-corrected chi connectivity index (χ0v) is 18.5. The number of nitrogens with zero attached hydrogens (tertiary/aromatic N) is 4. The van der Waals surface area contributed by atoms with Gasteiger partial charge in [0.25, 0.3) is 5.91 Å². The quantitative estimate of drug-likeness (QED) is 0.217. The van der Waals surface area contributed by atoms with Crippen LogP contribution in [0, 0.1) is 0 Å². The average Bonchev–Trinajstić information content (AvgIpc) is 3.18. The van der Waals surface area contributed by atoms with Crippen molar-refractivity contribution in [1.82, 2.24) is 20.2 Å². The van der Waals surface area contributed by atoms with Gasteiger partial charge in [0.15, 0.2) is 11.0 Å². The highest BCUT2D eigenvalue weighted by molar-refractivity contribution is 7.99. The Bertz CT molecular complexity index is 1100. The van der Waals surface area contributed by atoms with Crippen molar-refractivity contribution in [3.8, 4) is 17.1 Å². The molecule has 1 aromatic heterocycles.